The Morgan fingerprint density at radius 3 is 0.804 bits per heavy atom. The first kappa shape index (κ1) is 52.0. The van der Waals surface area contributed by atoms with Gasteiger partial charge in [0.1, 0.15) is 0 Å². The number of nitrogens with one attached hydrogen (secondary N) is 7. The van der Waals surface area contributed by atoms with Crippen LogP contribution in [-0.2, 0) is 33.6 Å². The second-order valence-electron chi connectivity index (χ2n) is 13.2. The van der Waals surface area contributed by atoms with Gasteiger partial charge in [-0.3, -0.25) is 33.6 Å². The van der Waals surface area contributed by atoms with Gasteiger partial charge >= 0.3 is 0 Å². The van der Waals surface area contributed by atoms with Crippen molar-refractivity contribution in [3.8, 4) is 0 Å². The number of carbonyl (C=O) groups is 7. The molecule has 0 fully saturated rings. The van der Waals surface area contributed by atoms with Crippen molar-refractivity contribution in [3.05, 3.63) is 0 Å². The lowest BCUT2D eigenvalue weighted by Crippen LogP contribution is -2.42. The molecule has 0 bridgehead atoms. The lowest BCUT2D eigenvalue weighted by Gasteiger charge is -2.24. The highest BCUT2D eigenvalue weighted by atomic mass is 16.2. The van der Waals surface area contributed by atoms with Crippen molar-refractivity contribution in [1.82, 2.24) is 51.9 Å². The maximum absolute atomic E-state index is 12.9. The highest BCUT2D eigenvalue weighted by molar-refractivity contribution is 5.78. The van der Waals surface area contributed by atoms with Crippen LogP contribution in [-0.4, -0.2) is 180 Å². The molecule has 0 rings (SSSR count). The van der Waals surface area contributed by atoms with Crippen molar-refractivity contribution in [1.29, 1.82) is 0 Å². The topological polar surface area (TPSA) is 291 Å². The Bertz CT molecular complexity index is 1110. The lowest BCUT2D eigenvalue weighted by molar-refractivity contribution is -0.123. The number of hydrogen-bond donors (Lipinski definition) is 10. The quantitative estimate of drug-likeness (QED) is 0.0288. The summed E-state index contributed by atoms with van der Waals surface area (Å²) in [6.45, 7) is 11.1. The standard InChI is InChI=1S/C36H73N13O7/c1-3-5-30(50)44-18-27-49(25-10-35(55)45-19-28-47(21-6-31(51)40-4-2)22-7-32(52)41-15-12-37)26-11-36(56)46-20-29-48(23-8-33(53)42-16-13-38)24-9-34(54)43-17-14-39/h3-29,37-39H2,1-2H3,(H,40,51)(H,41,52)(H,42,53)(H,43,54)(H,44,50)(H,45,55)(H,46,56). The molecular weight excluding hydrogens is 726 g/mol. The van der Waals surface area contributed by atoms with Crippen LogP contribution in [0.2, 0.25) is 0 Å². The van der Waals surface area contributed by atoms with Gasteiger partial charge in [-0.2, -0.15) is 0 Å². The Morgan fingerprint density at radius 2 is 0.571 bits per heavy atom. The summed E-state index contributed by atoms with van der Waals surface area (Å²) < 4.78 is 0. The molecule has 324 valence electrons. The van der Waals surface area contributed by atoms with Gasteiger partial charge in [0.15, 0.2) is 0 Å². The Balaban J connectivity index is 5.11. The number of nitrogens with two attached hydrogens (primary N) is 3. The van der Waals surface area contributed by atoms with E-state index in [4.69, 9.17) is 17.2 Å². The van der Waals surface area contributed by atoms with Gasteiger partial charge in [0.2, 0.25) is 41.4 Å². The zero-order valence-corrected chi connectivity index (χ0v) is 34.0. The van der Waals surface area contributed by atoms with Crippen LogP contribution in [0.5, 0.6) is 0 Å². The molecule has 0 aliphatic heterocycles. The summed E-state index contributed by atoms with van der Waals surface area (Å²) in [5.74, 6) is -0.956. The fraction of sp³-hybridized carbons (Fsp3) is 0.806. The monoisotopic (exact) mass is 800 g/mol. The molecule has 0 spiro atoms. The molecule has 13 N–H and O–H groups in total. The molecule has 0 saturated heterocycles. The van der Waals surface area contributed by atoms with E-state index in [1.165, 1.54) is 0 Å². The van der Waals surface area contributed by atoms with Gasteiger partial charge < -0.3 is 69.1 Å². The molecule has 0 aromatic heterocycles. The van der Waals surface area contributed by atoms with Gasteiger partial charge in [-0.05, 0) is 13.3 Å². The molecule has 0 aromatic carbocycles. The predicted octanol–water partition coefficient (Wildman–Crippen LogP) is -4.26. The maximum atomic E-state index is 12.9. The fourth-order valence-electron chi connectivity index (χ4n) is 5.30. The van der Waals surface area contributed by atoms with E-state index >= 15 is 0 Å². The third kappa shape index (κ3) is 31.3. The number of nitrogens with zero attached hydrogens (tertiary/aromatic N) is 3. The number of hydrogen-bond acceptors (Lipinski definition) is 13. The molecular formula is C36H73N13O7. The van der Waals surface area contributed by atoms with Crippen LogP contribution in [0.15, 0.2) is 0 Å². The summed E-state index contributed by atoms with van der Waals surface area (Å²) in [6, 6.07) is 0. The Kier molecular flexibility index (Phi) is 33.0. The highest BCUT2D eigenvalue weighted by Gasteiger charge is 2.15. The fourth-order valence-corrected chi connectivity index (χ4v) is 5.30. The zero-order chi connectivity index (χ0) is 41.8. The van der Waals surface area contributed by atoms with Gasteiger partial charge in [-0.25, -0.2) is 0 Å². The first-order valence-corrected chi connectivity index (χ1v) is 20.1. The summed E-state index contributed by atoms with van der Waals surface area (Å²) in [5, 5.41) is 19.7. The Morgan fingerprint density at radius 1 is 0.339 bits per heavy atom. The second kappa shape index (κ2) is 35.5. The van der Waals surface area contributed by atoms with Crippen LogP contribution in [0.3, 0.4) is 0 Å². The van der Waals surface area contributed by atoms with E-state index in [0.29, 0.717) is 131 Å². The summed E-state index contributed by atoms with van der Waals surface area (Å²) in [5.41, 5.74) is 16.4. The zero-order valence-electron chi connectivity index (χ0n) is 34.0. The lowest BCUT2D eigenvalue weighted by atomic mass is 10.2. The van der Waals surface area contributed by atoms with Crippen molar-refractivity contribution in [3.63, 3.8) is 0 Å². The molecule has 20 nitrogen and oxygen atoms in total. The van der Waals surface area contributed by atoms with Crippen LogP contribution < -0.4 is 54.4 Å². The third-order valence-corrected chi connectivity index (χ3v) is 8.43. The molecule has 0 atom stereocenters. The summed E-state index contributed by atoms with van der Waals surface area (Å²) in [7, 11) is 0. The van der Waals surface area contributed by atoms with Crippen molar-refractivity contribution in [2.24, 2.45) is 17.2 Å². The Labute approximate surface area is 333 Å². The summed E-state index contributed by atoms with van der Waals surface area (Å²) in [4.78, 5) is 92.0. The second-order valence-corrected chi connectivity index (χ2v) is 13.2. The molecule has 0 aliphatic carbocycles. The van der Waals surface area contributed by atoms with Crippen LogP contribution in [0.25, 0.3) is 0 Å². The maximum Gasteiger partial charge on any atom is 0.221 e. The molecule has 0 unspecified atom stereocenters. The Hall–Kier alpha value is -3.95. The molecule has 0 saturated carbocycles. The number of carbonyl (C=O) groups excluding carboxylic acids is 7. The van der Waals surface area contributed by atoms with Crippen LogP contribution in [0.1, 0.15) is 65.2 Å². The molecule has 7 amide bonds. The molecule has 0 aliphatic rings. The smallest absolute Gasteiger partial charge is 0.221 e. The molecule has 0 aromatic rings. The molecule has 56 heavy (non-hydrogen) atoms. The minimum absolute atomic E-state index is 0.0604. The first-order chi connectivity index (χ1) is 27.0. The van der Waals surface area contributed by atoms with E-state index in [1.54, 1.807) is 0 Å². The van der Waals surface area contributed by atoms with Crippen LogP contribution in [0, 0.1) is 0 Å². The van der Waals surface area contributed by atoms with Crippen LogP contribution in [0.4, 0.5) is 0 Å². The van der Waals surface area contributed by atoms with Crippen molar-refractivity contribution in [2.75, 3.05) is 124 Å². The first-order valence-electron chi connectivity index (χ1n) is 20.1. The average Bonchev–Trinajstić information content (AvgIpc) is 3.17. The summed E-state index contributed by atoms with van der Waals surface area (Å²) in [6.07, 6.45) is 2.41. The van der Waals surface area contributed by atoms with Gasteiger partial charge in [-0.1, -0.05) is 6.92 Å². The molecule has 0 radical (unpaired) electrons. The predicted molar refractivity (Wildman–Crippen MR) is 216 cm³/mol. The summed E-state index contributed by atoms with van der Waals surface area (Å²) >= 11 is 0. The van der Waals surface area contributed by atoms with E-state index in [-0.39, 0.29) is 79.9 Å². The van der Waals surface area contributed by atoms with Gasteiger partial charge in [0, 0.05) is 169 Å². The highest BCUT2D eigenvalue weighted by Crippen LogP contribution is 1.99. The largest absolute Gasteiger partial charge is 0.356 e. The van der Waals surface area contributed by atoms with Crippen molar-refractivity contribution in [2.45, 2.75) is 65.2 Å². The van der Waals surface area contributed by atoms with E-state index in [1.807, 2.05) is 28.5 Å². The van der Waals surface area contributed by atoms with E-state index in [9.17, 15) is 33.6 Å². The molecule has 20 heteroatoms. The van der Waals surface area contributed by atoms with Crippen molar-refractivity contribution >= 4 is 41.4 Å². The molecule has 0 heterocycles. The normalized spacial score (nSPS) is 11.0. The van der Waals surface area contributed by atoms with Gasteiger partial charge in [-0.15, -0.1) is 0 Å². The number of amides is 7. The van der Waals surface area contributed by atoms with Crippen molar-refractivity contribution < 1.29 is 33.6 Å². The number of rotatable bonds is 36. The SMILES string of the molecule is CCCC(=O)NCCN(CCC(=O)NCCN(CCC(=O)NCC)CCC(=O)NCCN)CCC(=O)NCCN(CCC(=O)NCCN)CCC(=O)NCCN. The third-order valence-electron chi connectivity index (χ3n) is 8.43. The van der Waals surface area contributed by atoms with E-state index in [0.717, 1.165) is 6.42 Å². The van der Waals surface area contributed by atoms with Crippen LogP contribution >= 0.6 is 0 Å². The minimum Gasteiger partial charge on any atom is -0.356 e. The van der Waals surface area contributed by atoms with Gasteiger partial charge in [0.25, 0.3) is 0 Å². The average molecular weight is 800 g/mol. The van der Waals surface area contributed by atoms with Gasteiger partial charge in [0.05, 0.1) is 0 Å². The minimum atomic E-state index is -0.194. The van der Waals surface area contributed by atoms with E-state index in [2.05, 4.69) is 37.2 Å². The van der Waals surface area contributed by atoms with E-state index < -0.39 is 0 Å².